The number of benzene rings is 1. The first kappa shape index (κ1) is 24.1. The first-order chi connectivity index (χ1) is 17.2. The van der Waals surface area contributed by atoms with Crippen molar-refractivity contribution in [2.75, 3.05) is 25.4 Å². The Morgan fingerprint density at radius 2 is 2.03 bits per heavy atom. The number of fused-ring (bicyclic) bond motifs is 2. The lowest BCUT2D eigenvalue weighted by molar-refractivity contribution is -0.137. The topological polar surface area (TPSA) is 98.3 Å². The first-order valence-electron chi connectivity index (χ1n) is 11.9. The number of nitrogens with one attached hydrogen (secondary N) is 1. The number of ether oxygens (including phenoxy) is 1. The lowest BCUT2D eigenvalue weighted by Crippen LogP contribution is -2.45. The number of carbonyl (C=O) groups is 1. The Balaban J connectivity index is 1.37. The fraction of sp³-hybridized carbons (Fsp3) is 0.400. The minimum atomic E-state index is -4.62. The van der Waals surface area contributed by atoms with Crippen LogP contribution >= 0.6 is 0 Å². The Morgan fingerprint density at radius 1 is 1.25 bits per heavy atom. The van der Waals surface area contributed by atoms with Gasteiger partial charge in [0.1, 0.15) is 11.4 Å². The van der Waals surface area contributed by atoms with Gasteiger partial charge >= 0.3 is 12.2 Å². The largest absolute Gasteiger partial charge is 0.419 e. The van der Waals surface area contributed by atoms with Crippen molar-refractivity contribution >= 4 is 11.8 Å². The summed E-state index contributed by atoms with van der Waals surface area (Å²) in [6, 6.07) is 12.2. The van der Waals surface area contributed by atoms with E-state index in [-0.39, 0.29) is 17.6 Å². The van der Waals surface area contributed by atoms with E-state index in [0.29, 0.717) is 38.4 Å². The molecule has 2 aliphatic rings. The summed E-state index contributed by atoms with van der Waals surface area (Å²) >= 11 is 0. The average Bonchev–Trinajstić information content (AvgIpc) is 3.49. The second kappa shape index (κ2) is 9.12. The molecule has 2 unspecified atom stereocenters. The molecule has 4 heterocycles. The molecule has 0 saturated carbocycles. The number of hydrogen-bond donors (Lipinski definition) is 2. The van der Waals surface area contributed by atoms with Gasteiger partial charge in [0.05, 0.1) is 42.7 Å². The molecule has 2 aliphatic heterocycles. The van der Waals surface area contributed by atoms with Crippen molar-refractivity contribution in [1.29, 1.82) is 0 Å². The molecule has 11 heteroatoms. The van der Waals surface area contributed by atoms with E-state index in [9.17, 15) is 18.0 Å². The van der Waals surface area contributed by atoms with E-state index >= 15 is 0 Å². The van der Waals surface area contributed by atoms with Crippen LogP contribution in [0.4, 0.5) is 23.8 Å². The summed E-state index contributed by atoms with van der Waals surface area (Å²) in [5.74, 6) is -0.576. The third kappa shape index (κ3) is 4.39. The van der Waals surface area contributed by atoms with Crippen LogP contribution in [-0.4, -0.2) is 45.4 Å². The van der Waals surface area contributed by atoms with Gasteiger partial charge in [-0.1, -0.05) is 37.3 Å². The molecule has 36 heavy (non-hydrogen) atoms. The van der Waals surface area contributed by atoms with Crippen molar-refractivity contribution in [3.05, 3.63) is 65.5 Å². The number of nitrogens with zero attached hydrogens (tertiary/aromatic N) is 4. The van der Waals surface area contributed by atoms with Crippen molar-refractivity contribution in [2.24, 2.45) is 0 Å². The van der Waals surface area contributed by atoms with E-state index in [1.54, 1.807) is 15.6 Å². The SMILES string of the molecule is CCC(NC(=O)N1CCC2(C1)OCCn1nc(-c3cnc(N)c(C(F)(F)F)c3)cc12)c1ccccc1. The number of anilines is 1. The molecular weight excluding hydrogens is 473 g/mol. The van der Waals surface area contributed by atoms with Gasteiger partial charge in [0.2, 0.25) is 0 Å². The number of carbonyl (C=O) groups excluding carboxylic acids is 1. The molecule has 1 fully saturated rings. The predicted molar refractivity (Wildman–Crippen MR) is 127 cm³/mol. The van der Waals surface area contributed by atoms with E-state index in [1.807, 2.05) is 37.3 Å². The van der Waals surface area contributed by atoms with Gasteiger partial charge in [-0.05, 0) is 24.1 Å². The average molecular weight is 501 g/mol. The highest BCUT2D eigenvalue weighted by Gasteiger charge is 2.47. The number of rotatable bonds is 4. The van der Waals surface area contributed by atoms with Gasteiger partial charge in [-0.2, -0.15) is 18.3 Å². The number of aromatic nitrogens is 3. The van der Waals surface area contributed by atoms with Crippen LogP contribution in [0.5, 0.6) is 0 Å². The van der Waals surface area contributed by atoms with E-state index < -0.39 is 23.2 Å². The fourth-order valence-corrected chi connectivity index (χ4v) is 4.97. The molecule has 2 aromatic heterocycles. The zero-order chi connectivity index (χ0) is 25.5. The third-order valence-corrected chi connectivity index (χ3v) is 6.87. The summed E-state index contributed by atoms with van der Waals surface area (Å²) < 4.78 is 48.0. The molecule has 1 spiro atoms. The summed E-state index contributed by atoms with van der Waals surface area (Å²) in [6.07, 6.45) is -2.03. The molecule has 5 rings (SSSR count). The van der Waals surface area contributed by atoms with Gasteiger partial charge in [0.15, 0.2) is 0 Å². The maximum atomic E-state index is 13.3. The maximum Gasteiger partial charge on any atom is 0.419 e. The Kier molecular flexibility index (Phi) is 6.11. The van der Waals surface area contributed by atoms with Crippen molar-refractivity contribution in [1.82, 2.24) is 25.0 Å². The maximum absolute atomic E-state index is 13.3. The highest BCUT2D eigenvalue weighted by atomic mass is 19.4. The van der Waals surface area contributed by atoms with Crippen molar-refractivity contribution < 1.29 is 22.7 Å². The normalized spacial score (nSPS) is 20.4. The van der Waals surface area contributed by atoms with Crippen LogP contribution in [0.15, 0.2) is 48.7 Å². The molecule has 8 nitrogen and oxygen atoms in total. The lowest BCUT2D eigenvalue weighted by Gasteiger charge is -2.34. The fourth-order valence-electron chi connectivity index (χ4n) is 4.97. The minimum Gasteiger partial charge on any atom is -0.383 e. The second-order valence-corrected chi connectivity index (χ2v) is 9.13. The van der Waals surface area contributed by atoms with E-state index in [1.165, 1.54) is 6.20 Å². The van der Waals surface area contributed by atoms with Crippen molar-refractivity contribution in [3.8, 4) is 11.3 Å². The van der Waals surface area contributed by atoms with Gasteiger partial charge in [-0.3, -0.25) is 4.68 Å². The zero-order valence-electron chi connectivity index (χ0n) is 19.8. The molecule has 190 valence electrons. The molecule has 3 N–H and O–H groups in total. The van der Waals surface area contributed by atoms with Crippen LogP contribution in [0.2, 0.25) is 0 Å². The Morgan fingerprint density at radius 3 is 2.75 bits per heavy atom. The summed E-state index contributed by atoms with van der Waals surface area (Å²) in [7, 11) is 0. The number of urea groups is 1. The molecule has 2 atom stereocenters. The standard InChI is InChI=1S/C25H27F3N6O2/c1-2-19(16-6-4-3-5-7-16)31-23(35)33-9-8-24(15-33)21-13-20(32-34(21)10-11-36-24)17-12-18(25(26,27)28)22(29)30-14-17/h3-7,12-14,19H,2,8-11,15H2,1H3,(H2,29,30)(H,31,35). The molecule has 0 aliphatic carbocycles. The number of halogens is 3. The highest BCUT2D eigenvalue weighted by Crippen LogP contribution is 2.41. The summed E-state index contributed by atoms with van der Waals surface area (Å²) in [4.78, 5) is 18.6. The van der Waals surface area contributed by atoms with Gasteiger partial charge < -0.3 is 20.7 Å². The highest BCUT2D eigenvalue weighted by molar-refractivity contribution is 5.75. The minimum absolute atomic E-state index is 0.111. The van der Waals surface area contributed by atoms with E-state index in [4.69, 9.17) is 10.5 Å². The Labute approximate surface area is 206 Å². The monoisotopic (exact) mass is 500 g/mol. The Bertz CT molecular complexity index is 1260. The third-order valence-electron chi connectivity index (χ3n) is 6.87. The number of nitrogen functional groups attached to an aromatic ring is 1. The number of nitrogens with two attached hydrogens (primary N) is 1. The number of pyridine rings is 1. The molecule has 0 radical (unpaired) electrons. The van der Waals surface area contributed by atoms with Gasteiger partial charge in [-0.15, -0.1) is 0 Å². The first-order valence-corrected chi connectivity index (χ1v) is 11.9. The quantitative estimate of drug-likeness (QED) is 0.556. The predicted octanol–water partition coefficient (Wildman–Crippen LogP) is 4.34. The van der Waals surface area contributed by atoms with Crippen LogP contribution < -0.4 is 11.1 Å². The molecule has 3 aromatic rings. The number of likely N-dealkylation sites (tertiary alicyclic amines) is 1. The number of amides is 2. The molecule has 0 bridgehead atoms. The van der Waals surface area contributed by atoms with Crippen LogP contribution in [0, 0.1) is 0 Å². The van der Waals surface area contributed by atoms with E-state index in [2.05, 4.69) is 15.4 Å². The smallest absolute Gasteiger partial charge is 0.383 e. The molecule has 2 amide bonds. The second-order valence-electron chi connectivity index (χ2n) is 9.13. The van der Waals surface area contributed by atoms with Gasteiger partial charge in [0.25, 0.3) is 0 Å². The zero-order valence-corrected chi connectivity index (χ0v) is 19.8. The van der Waals surface area contributed by atoms with Crippen LogP contribution in [0.25, 0.3) is 11.3 Å². The summed E-state index contributed by atoms with van der Waals surface area (Å²) in [5, 5.41) is 7.64. The summed E-state index contributed by atoms with van der Waals surface area (Å²) in [6.45, 7) is 3.68. The number of hydrogen-bond acceptors (Lipinski definition) is 5. The van der Waals surface area contributed by atoms with Crippen LogP contribution in [0.1, 0.15) is 42.6 Å². The molecule has 1 aromatic carbocycles. The van der Waals surface area contributed by atoms with E-state index in [0.717, 1.165) is 23.7 Å². The lowest BCUT2D eigenvalue weighted by atomic mass is 9.96. The van der Waals surface area contributed by atoms with Gasteiger partial charge in [-0.25, -0.2) is 9.78 Å². The summed E-state index contributed by atoms with van der Waals surface area (Å²) in [5.41, 5.74) is 6.02. The van der Waals surface area contributed by atoms with Crippen LogP contribution in [0.3, 0.4) is 0 Å². The number of alkyl halides is 3. The molecule has 1 saturated heterocycles. The van der Waals surface area contributed by atoms with Crippen LogP contribution in [-0.2, 0) is 23.1 Å². The van der Waals surface area contributed by atoms with Gasteiger partial charge in [0, 0.05) is 24.7 Å². The molecular formula is C25H27F3N6O2. The Hall–Kier alpha value is -3.60. The van der Waals surface area contributed by atoms with Crippen molar-refractivity contribution in [3.63, 3.8) is 0 Å². The van der Waals surface area contributed by atoms with Crippen molar-refractivity contribution in [2.45, 2.75) is 44.1 Å².